The zero-order valence-corrected chi connectivity index (χ0v) is 9.65. The lowest BCUT2D eigenvalue weighted by molar-refractivity contribution is -0.131. The minimum atomic E-state index is -0.877. The summed E-state index contributed by atoms with van der Waals surface area (Å²) in [5.74, 6) is -0.877. The van der Waals surface area contributed by atoms with E-state index in [4.69, 9.17) is 5.11 Å². The molecule has 2 heteroatoms. The van der Waals surface area contributed by atoms with Crippen LogP contribution >= 0.6 is 0 Å². The predicted molar refractivity (Wildman–Crippen MR) is 65.5 cm³/mol. The van der Waals surface area contributed by atoms with Crippen LogP contribution in [0.25, 0.3) is 0 Å². The van der Waals surface area contributed by atoms with Gasteiger partial charge in [-0.25, -0.2) is 4.79 Å². The molecule has 0 spiro atoms. The number of aliphatic carboxylic acids is 1. The Labute approximate surface area is 96.6 Å². The highest BCUT2D eigenvalue weighted by Gasteiger charge is 1.94. The maximum Gasteiger partial charge on any atom is 0.327 e. The molecule has 1 aromatic carbocycles. The van der Waals surface area contributed by atoms with Gasteiger partial charge in [0.05, 0.1) is 0 Å². The zero-order valence-electron chi connectivity index (χ0n) is 9.65. The van der Waals surface area contributed by atoms with Crippen molar-refractivity contribution in [3.05, 3.63) is 47.5 Å². The summed E-state index contributed by atoms with van der Waals surface area (Å²) in [6.07, 6.45) is 6.86. The first-order valence-electron chi connectivity index (χ1n) is 5.69. The van der Waals surface area contributed by atoms with E-state index >= 15 is 0 Å². The second-order valence-electron chi connectivity index (χ2n) is 3.85. The number of rotatable bonds is 6. The van der Waals surface area contributed by atoms with Gasteiger partial charge in [-0.1, -0.05) is 43.7 Å². The van der Waals surface area contributed by atoms with Crippen molar-refractivity contribution in [1.29, 1.82) is 0 Å². The molecule has 86 valence electrons. The van der Waals surface area contributed by atoms with Crippen LogP contribution in [0.3, 0.4) is 0 Å². The minimum Gasteiger partial charge on any atom is -0.478 e. The Balaban J connectivity index is 2.40. The van der Waals surface area contributed by atoms with Gasteiger partial charge in [0.1, 0.15) is 0 Å². The van der Waals surface area contributed by atoms with Crippen molar-refractivity contribution in [3.8, 4) is 0 Å². The maximum absolute atomic E-state index is 10.2. The van der Waals surface area contributed by atoms with E-state index in [9.17, 15) is 4.79 Å². The fourth-order valence-electron chi connectivity index (χ4n) is 1.60. The molecule has 0 heterocycles. The third kappa shape index (κ3) is 4.78. The van der Waals surface area contributed by atoms with Gasteiger partial charge in [0.2, 0.25) is 0 Å². The summed E-state index contributed by atoms with van der Waals surface area (Å²) in [4.78, 5) is 10.2. The number of carboxylic acid groups (broad SMARTS) is 1. The van der Waals surface area contributed by atoms with Gasteiger partial charge in [-0.2, -0.15) is 0 Å². The normalized spacial score (nSPS) is 10.8. The molecular formula is C14H18O2. The van der Waals surface area contributed by atoms with Crippen LogP contribution in [0.15, 0.2) is 36.4 Å². The van der Waals surface area contributed by atoms with Crippen molar-refractivity contribution in [2.45, 2.75) is 32.6 Å². The highest BCUT2D eigenvalue weighted by molar-refractivity contribution is 5.79. The topological polar surface area (TPSA) is 37.3 Å². The number of allylic oxidation sites excluding steroid dienone is 1. The molecule has 1 N–H and O–H groups in total. The maximum atomic E-state index is 10.2. The second kappa shape index (κ2) is 6.83. The van der Waals surface area contributed by atoms with Gasteiger partial charge in [0.25, 0.3) is 0 Å². The lowest BCUT2D eigenvalue weighted by Gasteiger charge is -2.01. The molecule has 0 aliphatic heterocycles. The first kappa shape index (κ1) is 12.5. The SMILES string of the molecule is CCCc1ccc(CC/C=C/C(=O)O)cc1. The summed E-state index contributed by atoms with van der Waals surface area (Å²) in [5.41, 5.74) is 2.63. The van der Waals surface area contributed by atoms with E-state index in [-0.39, 0.29) is 0 Å². The zero-order chi connectivity index (χ0) is 11.8. The van der Waals surface area contributed by atoms with Crippen LogP contribution in [-0.2, 0) is 17.6 Å². The average molecular weight is 218 g/mol. The third-order valence-electron chi connectivity index (χ3n) is 2.42. The molecule has 0 radical (unpaired) electrons. The van der Waals surface area contributed by atoms with Crippen LogP contribution in [0.5, 0.6) is 0 Å². The van der Waals surface area contributed by atoms with E-state index < -0.39 is 5.97 Å². The van der Waals surface area contributed by atoms with Crippen LogP contribution in [-0.4, -0.2) is 11.1 Å². The van der Waals surface area contributed by atoms with E-state index in [0.29, 0.717) is 0 Å². The summed E-state index contributed by atoms with van der Waals surface area (Å²) >= 11 is 0. The first-order chi connectivity index (χ1) is 7.72. The molecule has 1 aromatic rings. The minimum absolute atomic E-state index is 0.777. The van der Waals surface area contributed by atoms with E-state index in [0.717, 1.165) is 19.3 Å². The molecule has 0 aliphatic carbocycles. The Kier molecular flexibility index (Phi) is 5.34. The van der Waals surface area contributed by atoms with Crippen LogP contribution in [0.2, 0.25) is 0 Å². The molecule has 0 fully saturated rings. The van der Waals surface area contributed by atoms with Gasteiger partial charge in [0.15, 0.2) is 0 Å². The number of hydrogen-bond acceptors (Lipinski definition) is 1. The highest BCUT2D eigenvalue weighted by Crippen LogP contribution is 2.08. The summed E-state index contributed by atoms with van der Waals surface area (Å²) in [6, 6.07) is 8.55. The molecule has 0 aromatic heterocycles. The van der Waals surface area contributed by atoms with Crippen LogP contribution in [0.4, 0.5) is 0 Å². The average Bonchev–Trinajstić information content (AvgIpc) is 2.27. The molecule has 0 saturated heterocycles. The van der Waals surface area contributed by atoms with Gasteiger partial charge in [-0.05, 0) is 30.4 Å². The monoisotopic (exact) mass is 218 g/mol. The molecule has 0 aliphatic rings. The van der Waals surface area contributed by atoms with Crippen molar-refractivity contribution in [2.24, 2.45) is 0 Å². The molecule has 16 heavy (non-hydrogen) atoms. The lowest BCUT2D eigenvalue weighted by Crippen LogP contribution is -1.88. The number of benzene rings is 1. The van der Waals surface area contributed by atoms with Gasteiger partial charge >= 0.3 is 5.97 Å². The van der Waals surface area contributed by atoms with Crippen molar-refractivity contribution in [3.63, 3.8) is 0 Å². The van der Waals surface area contributed by atoms with Gasteiger partial charge in [-0.15, -0.1) is 0 Å². The van der Waals surface area contributed by atoms with Crippen molar-refractivity contribution >= 4 is 5.97 Å². The van der Waals surface area contributed by atoms with E-state index in [1.807, 2.05) is 0 Å². The summed E-state index contributed by atoms with van der Waals surface area (Å²) < 4.78 is 0. The molecule has 2 nitrogen and oxygen atoms in total. The van der Waals surface area contributed by atoms with E-state index in [1.165, 1.54) is 23.6 Å². The molecule has 0 unspecified atom stereocenters. The Morgan fingerprint density at radius 1 is 1.19 bits per heavy atom. The molecule has 0 bridgehead atoms. The van der Waals surface area contributed by atoms with Gasteiger partial charge < -0.3 is 5.11 Å². The Bertz CT molecular complexity index is 350. The van der Waals surface area contributed by atoms with Crippen molar-refractivity contribution in [1.82, 2.24) is 0 Å². The smallest absolute Gasteiger partial charge is 0.327 e. The van der Waals surface area contributed by atoms with Crippen LogP contribution < -0.4 is 0 Å². The van der Waals surface area contributed by atoms with Gasteiger partial charge in [0, 0.05) is 6.08 Å². The Morgan fingerprint density at radius 3 is 2.25 bits per heavy atom. The highest BCUT2D eigenvalue weighted by atomic mass is 16.4. The number of hydrogen-bond donors (Lipinski definition) is 1. The van der Waals surface area contributed by atoms with Crippen molar-refractivity contribution in [2.75, 3.05) is 0 Å². The van der Waals surface area contributed by atoms with E-state index in [1.54, 1.807) is 6.08 Å². The Hall–Kier alpha value is -1.57. The summed E-state index contributed by atoms with van der Waals surface area (Å²) in [5, 5.41) is 8.42. The quantitative estimate of drug-likeness (QED) is 0.744. The summed E-state index contributed by atoms with van der Waals surface area (Å²) in [6.45, 7) is 2.17. The number of carbonyl (C=O) groups is 1. The first-order valence-corrected chi connectivity index (χ1v) is 5.69. The van der Waals surface area contributed by atoms with Crippen LogP contribution in [0, 0.1) is 0 Å². The number of aryl methyl sites for hydroxylation is 2. The van der Waals surface area contributed by atoms with Crippen molar-refractivity contribution < 1.29 is 9.90 Å². The summed E-state index contributed by atoms with van der Waals surface area (Å²) in [7, 11) is 0. The standard InChI is InChI=1S/C14H18O2/c1-2-5-12-8-10-13(11-9-12)6-3-4-7-14(15)16/h4,7-11H,2-3,5-6H2,1H3,(H,15,16)/b7-4+. The molecule has 1 rings (SSSR count). The lowest BCUT2D eigenvalue weighted by atomic mass is 10.0. The van der Waals surface area contributed by atoms with Gasteiger partial charge in [-0.3, -0.25) is 0 Å². The predicted octanol–water partition coefficient (Wildman–Crippen LogP) is 3.21. The fourth-order valence-corrected chi connectivity index (χ4v) is 1.60. The second-order valence-corrected chi connectivity index (χ2v) is 3.85. The largest absolute Gasteiger partial charge is 0.478 e. The molecule has 0 saturated carbocycles. The molecular weight excluding hydrogens is 200 g/mol. The molecule has 0 atom stereocenters. The number of carboxylic acids is 1. The fraction of sp³-hybridized carbons (Fsp3) is 0.357. The molecule has 0 amide bonds. The third-order valence-corrected chi connectivity index (χ3v) is 2.42. The van der Waals surface area contributed by atoms with Crippen LogP contribution in [0.1, 0.15) is 30.9 Å². The van der Waals surface area contributed by atoms with E-state index in [2.05, 4.69) is 31.2 Å². The Morgan fingerprint density at radius 2 is 1.75 bits per heavy atom.